The van der Waals surface area contributed by atoms with Gasteiger partial charge in [0.05, 0.1) is 28.2 Å². The first kappa shape index (κ1) is 16.1. The third kappa shape index (κ3) is 3.95. The van der Waals surface area contributed by atoms with Crippen molar-refractivity contribution in [1.29, 1.82) is 5.26 Å². The van der Waals surface area contributed by atoms with Crippen LogP contribution in [-0.2, 0) is 9.53 Å². The lowest BCUT2D eigenvalue weighted by atomic mass is 10.2. The van der Waals surface area contributed by atoms with Crippen molar-refractivity contribution in [3.63, 3.8) is 0 Å². The van der Waals surface area contributed by atoms with Crippen LogP contribution in [0.4, 0.5) is 5.69 Å². The Kier molecular flexibility index (Phi) is 4.62. The van der Waals surface area contributed by atoms with Crippen LogP contribution in [0, 0.1) is 11.3 Å². The summed E-state index contributed by atoms with van der Waals surface area (Å²) in [5, 5.41) is 11.3. The molecule has 0 fully saturated rings. The normalized spacial score (nSPS) is 10.0. The maximum Gasteiger partial charge on any atom is 0.338 e. The van der Waals surface area contributed by atoms with Gasteiger partial charge in [0.15, 0.2) is 6.61 Å². The minimum atomic E-state index is -0.623. The summed E-state index contributed by atoms with van der Waals surface area (Å²) in [5.41, 5.74) is 2.53. The van der Waals surface area contributed by atoms with Crippen molar-refractivity contribution in [1.82, 2.24) is 9.97 Å². The molecule has 0 spiro atoms. The number of aromatic nitrogens is 2. The first-order valence-corrected chi connectivity index (χ1v) is 7.33. The van der Waals surface area contributed by atoms with Crippen molar-refractivity contribution >= 4 is 28.6 Å². The summed E-state index contributed by atoms with van der Waals surface area (Å²) in [6.45, 7) is -0.419. The smallest absolute Gasteiger partial charge is 0.338 e. The Morgan fingerprint density at radius 1 is 1.04 bits per heavy atom. The summed E-state index contributed by atoms with van der Waals surface area (Å²) in [6, 6.07) is 13.1. The summed E-state index contributed by atoms with van der Waals surface area (Å²) >= 11 is 0. The van der Waals surface area contributed by atoms with E-state index in [0.717, 1.165) is 0 Å². The van der Waals surface area contributed by atoms with E-state index in [1.807, 2.05) is 6.07 Å². The van der Waals surface area contributed by atoms with E-state index >= 15 is 0 Å². The predicted octanol–water partition coefficient (Wildman–Crippen LogP) is 2.30. The highest BCUT2D eigenvalue weighted by Crippen LogP contribution is 2.12. The molecule has 0 aliphatic carbocycles. The molecular formula is C18H12N4O3. The quantitative estimate of drug-likeness (QED) is 0.735. The van der Waals surface area contributed by atoms with Gasteiger partial charge in [0.25, 0.3) is 5.91 Å². The van der Waals surface area contributed by atoms with Gasteiger partial charge in [0.2, 0.25) is 0 Å². The zero-order valence-corrected chi connectivity index (χ0v) is 13.0. The molecular weight excluding hydrogens is 320 g/mol. The fraction of sp³-hybridized carbons (Fsp3) is 0.0556. The van der Waals surface area contributed by atoms with Gasteiger partial charge >= 0.3 is 5.97 Å². The van der Waals surface area contributed by atoms with Crippen LogP contribution >= 0.6 is 0 Å². The number of hydrogen-bond donors (Lipinski definition) is 1. The lowest BCUT2D eigenvalue weighted by molar-refractivity contribution is -0.119. The first-order chi connectivity index (χ1) is 12.2. The van der Waals surface area contributed by atoms with Crippen molar-refractivity contribution in [3.8, 4) is 6.07 Å². The maximum atomic E-state index is 12.0. The second kappa shape index (κ2) is 7.19. The van der Waals surface area contributed by atoms with E-state index in [1.165, 1.54) is 6.20 Å². The van der Waals surface area contributed by atoms with Gasteiger partial charge in [-0.15, -0.1) is 0 Å². The highest BCUT2D eigenvalue weighted by atomic mass is 16.5. The minimum absolute atomic E-state index is 0.291. The minimum Gasteiger partial charge on any atom is -0.452 e. The topological polar surface area (TPSA) is 105 Å². The Hall–Kier alpha value is -3.79. The van der Waals surface area contributed by atoms with Crippen molar-refractivity contribution in [2.24, 2.45) is 0 Å². The number of fused-ring (bicyclic) bond motifs is 1. The average molecular weight is 332 g/mol. The third-order valence-corrected chi connectivity index (χ3v) is 3.34. The molecule has 0 unspecified atom stereocenters. The molecule has 0 saturated heterocycles. The number of hydrogen-bond acceptors (Lipinski definition) is 6. The van der Waals surface area contributed by atoms with Crippen LogP contribution < -0.4 is 5.32 Å². The molecule has 3 rings (SSSR count). The molecule has 1 heterocycles. The van der Waals surface area contributed by atoms with Crippen LogP contribution in [0.3, 0.4) is 0 Å². The summed E-state index contributed by atoms with van der Waals surface area (Å²) in [4.78, 5) is 32.1. The van der Waals surface area contributed by atoms with E-state index in [4.69, 9.17) is 10.00 Å². The third-order valence-electron chi connectivity index (χ3n) is 3.34. The predicted molar refractivity (Wildman–Crippen MR) is 89.6 cm³/mol. The molecule has 1 N–H and O–H groups in total. The number of nitrogens with zero attached hydrogens (tertiary/aromatic N) is 3. The van der Waals surface area contributed by atoms with E-state index in [0.29, 0.717) is 27.8 Å². The Morgan fingerprint density at radius 2 is 1.76 bits per heavy atom. The van der Waals surface area contributed by atoms with Crippen LogP contribution in [-0.4, -0.2) is 28.5 Å². The number of anilines is 1. The van der Waals surface area contributed by atoms with Crippen LogP contribution in [0.25, 0.3) is 11.0 Å². The molecule has 7 heteroatoms. The maximum absolute atomic E-state index is 12.0. The lowest BCUT2D eigenvalue weighted by Crippen LogP contribution is -2.20. The van der Waals surface area contributed by atoms with Gasteiger partial charge in [-0.25, -0.2) is 4.79 Å². The molecule has 0 saturated carbocycles. The number of carbonyl (C=O) groups excluding carboxylic acids is 2. The molecule has 0 radical (unpaired) electrons. The van der Waals surface area contributed by atoms with Crippen molar-refractivity contribution < 1.29 is 14.3 Å². The van der Waals surface area contributed by atoms with E-state index in [-0.39, 0.29) is 0 Å². The Labute approximate surface area is 142 Å². The van der Waals surface area contributed by atoms with Crippen molar-refractivity contribution in [3.05, 3.63) is 66.0 Å². The van der Waals surface area contributed by atoms with E-state index in [9.17, 15) is 9.59 Å². The molecule has 0 aliphatic rings. The molecule has 0 atom stereocenters. The fourth-order valence-electron chi connectivity index (χ4n) is 2.13. The number of esters is 1. The molecule has 25 heavy (non-hydrogen) atoms. The monoisotopic (exact) mass is 332 g/mol. The van der Waals surface area contributed by atoms with E-state index in [1.54, 1.807) is 48.7 Å². The standard InChI is InChI=1S/C18H12N4O3/c19-10-12-1-4-14(5-2-12)22-17(23)11-25-18(24)13-3-6-15-16(9-13)21-8-7-20-15/h1-9H,11H2,(H,22,23). The molecule has 7 nitrogen and oxygen atoms in total. The Balaban J connectivity index is 1.58. The van der Waals surface area contributed by atoms with E-state index in [2.05, 4.69) is 15.3 Å². The van der Waals surface area contributed by atoms with Gasteiger partial charge in [-0.05, 0) is 42.5 Å². The molecule has 122 valence electrons. The van der Waals surface area contributed by atoms with Gasteiger partial charge in [-0.2, -0.15) is 5.26 Å². The number of nitriles is 1. The number of rotatable bonds is 4. The molecule has 0 bridgehead atoms. The van der Waals surface area contributed by atoms with Gasteiger partial charge in [-0.1, -0.05) is 0 Å². The summed E-state index contributed by atoms with van der Waals surface area (Å²) in [7, 11) is 0. The second-order valence-corrected chi connectivity index (χ2v) is 5.07. The average Bonchev–Trinajstić information content (AvgIpc) is 2.66. The molecule has 1 amide bonds. The lowest BCUT2D eigenvalue weighted by Gasteiger charge is -2.07. The summed E-state index contributed by atoms with van der Waals surface area (Å²) < 4.78 is 5.00. The second-order valence-electron chi connectivity index (χ2n) is 5.07. The summed E-state index contributed by atoms with van der Waals surface area (Å²) in [5.74, 6) is -1.10. The number of ether oxygens (including phenoxy) is 1. The number of amides is 1. The number of benzene rings is 2. The Morgan fingerprint density at radius 3 is 2.48 bits per heavy atom. The molecule has 2 aromatic carbocycles. The number of carbonyl (C=O) groups is 2. The SMILES string of the molecule is N#Cc1ccc(NC(=O)COC(=O)c2ccc3nccnc3c2)cc1. The zero-order chi connectivity index (χ0) is 17.6. The van der Waals surface area contributed by atoms with Gasteiger partial charge in [0.1, 0.15) is 0 Å². The van der Waals surface area contributed by atoms with Crippen LogP contribution in [0.2, 0.25) is 0 Å². The summed E-state index contributed by atoms with van der Waals surface area (Å²) in [6.07, 6.45) is 3.09. The largest absolute Gasteiger partial charge is 0.452 e. The van der Waals surface area contributed by atoms with Crippen LogP contribution in [0.1, 0.15) is 15.9 Å². The van der Waals surface area contributed by atoms with E-state index < -0.39 is 18.5 Å². The molecule has 0 aliphatic heterocycles. The van der Waals surface area contributed by atoms with Gasteiger partial charge in [-0.3, -0.25) is 14.8 Å². The van der Waals surface area contributed by atoms with Crippen molar-refractivity contribution in [2.45, 2.75) is 0 Å². The van der Waals surface area contributed by atoms with Crippen LogP contribution in [0.5, 0.6) is 0 Å². The Bertz CT molecular complexity index is 978. The fourth-order valence-corrected chi connectivity index (χ4v) is 2.13. The first-order valence-electron chi connectivity index (χ1n) is 7.33. The zero-order valence-electron chi connectivity index (χ0n) is 13.0. The van der Waals surface area contributed by atoms with Gasteiger partial charge < -0.3 is 10.1 Å². The number of nitrogens with one attached hydrogen (secondary N) is 1. The highest BCUT2D eigenvalue weighted by molar-refractivity contribution is 5.97. The van der Waals surface area contributed by atoms with Gasteiger partial charge in [0, 0.05) is 18.1 Å². The molecule has 1 aromatic heterocycles. The molecule has 3 aromatic rings. The highest BCUT2D eigenvalue weighted by Gasteiger charge is 2.11. The van der Waals surface area contributed by atoms with Crippen LogP contribution in [0.15, 0.2) is 54.9 Å². The van der Waals surface area contributed by atoms with Crippen molar-refractivity contribution in [2.75, 3.05) is 11.9 Å².